The predicted molar refractivity (Wildman–Crippen MR) is 77.0 cm³/mol. The molecule has 1 heterocycles. The third-order valence-electron chi connectivity index (χ3n) is 3.41. The number of aliphatic hydroxyl groups excluding tert-OH is 1. The van der Waals surface area contributed by atoms with E-state index in [9.17, 15) is 10.2 Å². The molecule has 1 aliphatic rings. The van der Waals surface area contributed by atoms with Crippen LogP contribution in [0.1, 0.15) is 18.0 Å². The number of rotatable bonds is 4. The van der Waals surface area contributed by atoms with Gasteiger partial charge in [0.2, 0.25) is 0 Å². The van der Waals surface area contributed by atoms with E-state index in [2.05, 4.69) is 10.2 Å². The molecule has 1 atom stereocenters. The quantitative estimate of drug-likeness (QED) is 0.797. The summed E-state index contributed by atoms with van der Waals surface area (Å²) in [5.41, 5.74) is 0.688. The van der Waals surface area contributed by atoms with Gasteiger partial charge >= 0.3 is 0 Å². The standard InChI is InChI=1S/C13H18Cl2N2O2/c14-9-7-10(13(19)11(15)8-9)12(1-6-18)17-4-2-16-3-5-17/h7-8,12,16,18-19H,1-6H2/t12-/m0/s1. The summed E-state index contributed by atoms with van der Waals surface area (Å²) in [6, 6.07) is 3.18. The van der Waals surface area contributed by atoms with Crippen molar-refractivity contribution in [2.24, 2.45) is 0 Å². The Bertz CT molecular complexity index is 437. The van der Waals surface area contributed by atoms with Crippen molar-refractivity contribution in [1.29, 1.82) is 0 Å². The van der Waals surface area contributed by atoms with E-state index in [1.54, 1.807) is 6.07 Å². The van der Waals surface area contributed by atoms with E-state index in [1.165, 1.54) is 6.07 Å². The minimum absolute atomic E-state index is 0.0537. The van der Waals surface area contributed by atoms with Crippen LogP contribution >= 0.6 is 23.2 Å². The summed E-state index contributed by atoms with van der Waals surface area (Å²) in [6.45, 7) is 3.59. The maximum Gasteiger partial charge on any atom is 0.139 e. The Morgan fingerprint density at radius 2 is 1.95 bits per heavy atom. The first-order chi connectivity index (χ1) is 9.13. The molecular weight excluding hydrogens is 287 g/mol. The maximum atomic E-state index is 10.1. The molecule has 1 fully saturated rings. The lowest BCUT2D eigenvalue weighted by molar-refractivity contribution is 0.139. The SMILES string of the molecule is OCC[C@@H](c1cc(Cl)cc(Cl)c1O)N1CCNCC1. The van der Waals surface area contributed by atoms with Gasteiger partial charge in [0.25, 0.3) is 0 Å². The minimum atomic E-state index is -0.0664. The van der Waals surface area contributed by atoms with Gasteiger partial charge in [-0.3, -0.25) is 4.90 Å². The van der Waals surface area contributed by atoms with Crippen LogP contribution in [0.5, 0.6) is 5.75 Å². The largest absolute Gasteiger partial charge is 0.506 e. The van der Waals surface area contributed by atoms with E-state index in [0.717, 1.165) is 26.2 Å². The van der Waals surface area contributed by atoms with Gasteiger partial charge in [0.15, 0.2) is 0 Å². The van der Waals surface area contributed by atoms with Crippen LogP contribution in [-0.4, -0.2) is 47.9 Å². The van der Waals surface area contributed by atoms with Crippen molar-refractivity contribution in [2.45, 2.75) is 12.5 Å². The number of phenolic OH excluding ortho intramolecular Hbond substituents is 1. The van der Waals surface area contributed by atoms with Crippen LogP contribution in [0.4, 0.5) is 0 Å². The molecule has 0 unspecified atom stereocenters. The zero-order chi connectivity index (χ0) is 13.8. The van der Waals surface area contributed by atoms with E-state index in [-0.39, 0.29) is 23.4 Å². The van der Waals surface area contributed by atoms with Gasteiger partial charge in [0.1, 0.15) is 5.75 Å². The third kappa shape index (κ3) is 3.52. The highest BCUT2D eigenvalue weighted by molar-refractivity contribution is 6.35. The Labute approximate surface area is 122 Å². The van der Waals surface area contributed by atoms with Crippen LogP contribution in [0.3, 0.4) is 0 Å². The molecule has 106 valence electrons. The predicted octanol–water partition coefficient (Wildman–Crippen LogP) is 2.03. The molecule has 2 rings (SSSR count). The minimum Gasteiger partial charge on any atom is -0.506 e. The highest BCUT2D eigenvalue weighted by Gasteiger charge is 2.25. The number of nitrogens with zero attached hydrogens (tertiary/aromatic N) is 1. The van der Waals surface area contributed by atoms with Gasteiger partial charge in [-0.15, -0.1) is 0 Å². The van der Waals surface area contributed by atoms with E-state index in [0.29, 0.717) is 17.0 Å². The number of phenols is 1. The number of aromatic hydroxyl groups is 1. The number of hydrogen-bond donors (Lipinski definition) is 3. The first kappa shape index (κ1) is 14.9. The zero-order valence-corrected chi connectivity index (χ0v) is 12.1. The van der Waals surface area contributed by atoms with Gasteiger partial charge in [-0.25, -0.2) is 0 Å². The second-order valence-electron chi connectivity index (χ2n) is 4.64. The summed E-state index contributed by atoms with van der Waals surface area (Å²) in [7, 11) is 0. The molecule has 1 aromatic rings. The van der Waals surface area contributed by atoms with Gasteiger partial charge < -0.3 is 15.5 Å². The second kappa shape index (κ2) is 6.77. The summed E-state index contributed by atoms with van der Waals surface area (Å²) in [6.07, 6.45) is 0.546. The van der Waals surface area contributed by atoms with Crippen molar-refractivity contribution >= 4 is 23.2 Å². The fraction of sp³-hybridized carbons (Fsp3) is 0.538. The van der Waals surface area contributed by atoms with E-state index in [4.69, 9.17) is 23.2 Å². The first-order valence-electron chi connectivity index (χ1n) is 6.37. The second-order valence-corrected chi connectivity index (χ2v) is 5.48. The summed E-state index contributed by atoms with van der Waals surface area (Å²) in [5, 5.41) is 23.4. The first-order valence-corrected chi connectivity index (χ1v) is 7.12. The van der Waals surface area contributed by atoms with Crippen LogP contribution < -0.4 is 5.32 Å². The molecule has 0 aliphatic carbocycles. The summed E-state index contributed by atoms with van der Waals surface area (Å²) < 4.78 is 0. The highest BCUT2D eigenvalue weighted by Crippen LogP contribution is 2.38. The molecule has 0 radical (unpaired) electrons. The molecule has 1 saturated heterocycles. The lowest BCUT2D eigenvalue weighted by Gasteiger charge is -2.35. The van der Waals surface area contributed by atoms with Crippen LogP contribution in [0, 0.1) is 0 Å². The Kier molecular flexibility index (Phi) is 5.30. The topological polar surface area (TPSA) is 55.7 Å². The lowest BCUT2D eigenvalue weighted by atomic mass is 10.0. The molecule has 0 amide bonds. The molecule has 3 N–H and O–H groups in total. The van der Waals surface area contributed by atoms with Crippen molar-refractivity contribution in [3.05, 3.63) is 27.7 Å². The normalized spacial score (nSPS) is 18.5. The molecule has 6 heteroatoms. The van der Waals surface area contributed by atoms with Gasteiger partial charge in [-0.05, 0) is 18.6 Å². The number of benzene rings is 1. The van der Waals surface area contributed by atoms with Crippen LogP contribution in [-0.2, 0) is 0 Å². The van der Waals surface area contributed by atoms with Crippen LogP contribution in [0.15, 0.2) is 12.1 Å². The van der Waals surface area contributed by atoms with Crippen molar-refractivity contribution in [1.82, 2.24) is 10.2 Å². The van der Waals surface area contributed by atoms with Crippen molar-refractivity contribution in [3.63, 3.8) is 0 Å². The number of halogens is 2. The van der Waals surface area contributed by atoms with Gasteiger partial charge in [-0.2, -0.15) is 0 Å². The van der Waals surface area contributed by atoms with Crippen molar-refractivity contribution < 1.29 is 10.2 Å². The van der Waals surface area contributed by atoms with Crippen molar-refractivity contribution in [3.8, 4) is 5.75 Å². The molecule has 1 aromatic carbocycles. The van der Waals surface area contributed by atoms with Crippen molar-refractivity contribution in [2.75, 3.05) is 32.8 Å². The summed E-state index contributed by atoms with van der Waals surface area (Å²) in [5.74, 6) is 0.0584. The fourth-order valence-electron chi connectivity index (χ4n) is 2.49. The van der Waals surface area contributed by atoms with E-state index in [1.807, 2.05) is 0 Å². The maximum absolute atomic E-state index is 10.1. The molecule has 1 aliphatic heterocycles. The Hall–Kier alpha value is -0.520. The Morgan fingerprint density at radius 1 is 1.26 bits per heavy atom. The fourth-order valence-corrected chi connectivity index (χ4v) is 3.00. The average molecular weight is 305 g/mol. The molecule has 0 bridgehead atoms. The Balaban J connectivity index is 2.32. The number of aliphatic hydroxyl groups is 1. The number of hydrogen-bond acceptors (Lipinski definition) is 4. The molecule has 0 spiro atoms. The monoisotopic (exact) mass is 304 g/mol. The smallest absolute Gasteiger partial charge is 0.139 e. The van der Waals surface area contributed by atoms with Crippen LogP contribution in [0.2, 0.25) is 10.0 Å². The average Bonchev–Trinajstić information content (AvgIpc) is 2.41. The third-order valence-corrected chi connectivity index (χ3v) is 3.92. The van der Waals surface area contributed by atoms with E-state index >= 15 is 0 Å². The molecule has 4 nitrogen and oxygen atoms in total. The highest BCUT2D eigenvalue weighted by atomic mass is 35.5. The molecule has 0 aromatic heterocycles. The van der Waals surface area contributed by atoms with Gasteiger partial charge in [0, 0.05) is 49.4 Å². The summed E-state index contributed by atoms with van der Waals surface area (Å²) >= 11 is 12.0. The van der Waals surface area contributed by atoms with E-state index < -0.39 is 0 Å². The number of piperazine rings is 1. The molecule has 19 heavy (non-hydrogen) atoms. The number of nitrogens with one attached hydrogen (secondary N) is 1. The zero-order valence-electron chi connectivity index (χ0n) is 10.6. The summed E-state index contributed by atoms with van der Waals surface area (Å²) in [4.78, 5) is 2.23. The van der Waals surface area contributed by atoms with Crippen LogP contribution in [0.25, 0.3) is 0 Å². The molecular formula is C13H18Cl2N2O2. The molecule has 0 saturated carbocycles. The lowest BCUT2D eigenvalue weighted by Crippen LogP contribution is -2.45. The van der Waals surface area contributed by atoms with Gasteiger partial charge in [0.05, 0.1) is 5.02 Å². The van der Waals surface area contributed by atoms with Gasteiger partial charge in [-0.1, -0.05) is 23.2 Å². The Morgan fingerprint density at radius 3 is 2.58 bits per heavy atom.